The van der Waals surface area contributed by atoms with E-state index in [-0.39, 0.29) is 19.3 Å². The van der Waals surface area contributed by atoms with Gasteiger partial charge in [0.1, 0.15) is 0 Å². The van der Waals surface area contributed by atoms with Gasteiger partial charge in [0.25, 0.3) is 0 Å². The third-order valence-electron chi connectivity index (χ3n) is 6.02. The molecule has 0 aromatic heterocycles. The van der Waals surface area contributed by atoms with Crippen LogP contribution in [0.1, 0.15) is 117 Å². The standard InChI is InChI=1S/C23H42O6/c1-4-7-9-11-13-15-17-22(20(25)26,19(24)6-3)23(29,21(27)28)18-16-14-12-10-8-5-2/h29H,4-18H2,1-3H3,(H,25,26)(H,27,28). The number of carboxylic acid groups (broad SMARTS) is 2. The molecule has 0 fully saturated rings. The molecule has 0 saturated carbocycles. The molecule has 0 aliphatic heterocycles. The first-order chi connectivity index (χ1) is 13.7. The van der Waals surface area contributed by atoms with E-state index >= 15 is 0 Å². The fraction of sp³-hybridized carbons (Fsp3) is 0.870. The monoisotopic (exact) mass is 414 g/mol. The number of hydrogen-bond donors (Lipinski definition) is 3. The molecule has 0 spiro atoms. The molecule has 0 rings (SSSR count). The fourth-order valence-electron chi connectivity index (χ4n) is 4.12. The number of carbonyl (C=O) groups is 3. The molecule has 3 N–H and O–H groups in total. The van der Waals surface area contributed by atoms with Crippen LogP contribution in [0.5, 0.6) is 0 Å². The summed E-state index contributed by atoms with van der Waals surface area (Å²) in [5, 5.41) is 30.9. The second-order valence-electron chi connectivity index (χ2n) is 8.19. The smallest absolute Gasteiger partial charge is 0.337 e. The van der Waals surface area contributed by atoms with Gasteiger partial charge in [-0.1, -0.05) is 91.4 Å². The third-order valence-corrected chi connectivity index (χ3v) is 6.02. The Morgan fingerprint density at radius 1 is 0.621 bits per heavy atom. The van der Waals surface area contributed by atoms with E-state index in [4.69, 9.17) is 0 Å². The van der Waals surface area contributed by atoms with Crippen LogP contribution in [0.25, 0.3) is 0 Å². The molecule has 170 valence electrons. The SMILES string of the molecule is CCCCCCCCC(O)(C(=O)O)C(CCCCCCCC)(C(=O)O)C(=O)CC. The summed E-state index contributed by atoms with van der Waals surface area (Å²) in [4.78, 5) is 37.1. The first-order valence-corrected chi connectivity index (χ1v) is 11.5. The van der Waals surface area contributed by atoms with E-state index in [0.29, 0.717) is 19.3 Å². The summed E-state index contributed by atoms with van der Waals surface area (Å²) in [5.41, 5.74) is -4.87. The molecular formula is C23H42O6. The summed E-state index contributed by atoms with van der Waals surface area (Å²) in [6, 6.07) is 0. The molecule has 0 saturated heterocycles. The number of Topliss-reactive ketones (excluding diaryl/α,β-unsaturated/α-hetero) is 1. The maximum atomic E-state index is 12.8. The van der Waals surface area contributed by atoms with Gasteiger partial charge >= 0.3 is 11.9 Å². The normalized spacial score (nSPS) is 15.4. The maximum Gasteiger partial charge on any atom is 0.337 e. The van der Waals surface area contributed by atoms with Gasteiger partial charge in [-0.3, -0.25) is 9.59 Å². The van der Waals surface area contributed by atoms with E-state index < -0.39 is 28.7 Å². The zero-order valence-electron chi connectivity index (χ0n) is 18.7. The van der Waals surface area contributed by atoms with E-state index in [9.17, 15) is 29.7 Å². The molecular weight excluding hydrogens is 372 g/mol. The van der Waals surface area contributed by atoms with Gasteiger partial charge in [0.05, 0.1) is 0 Å². The van der Waals surface area contributed by atoms with Crippen LogP contribution in [-0.2, 0) is 14.4 Å². The highest BCUT2D eigenvalue weighted by molar-refractivity contribution is 6.08. The summed E-state index contributed by atoms with van der Waals surface area (Å²) < 4.78 is 0. The molecule has 0 amide bonds. The average molecular weight is 415 g/mol. The Morgan fingerprint density at radius 3 is 1.41 bits per heavy atom. The van der Waals surface area contributed by atoms with Crippen molar-refractivity contribution in [1.29, 1.82) is 0 Å². The van der Waals surface area contributed by atoms with Crippen molar-refractivity contribution in [1.82, 2.24) is 0 Å². The van der Waals surface area contributed by atoms with Crippen molar-refractivity contribution in [3.8, 4) is 0 Å². The fourth-order valence-corrected chi connectivity index (χ4v) is 4.12. The Hall–Kier alpha value is -1.43. The number of carbonyl (C=O) groups excluding carboxylic acids is 1. The number of hydrogen-bond acceptors (Lipinski definition) is 4. The highest BCUT2D eigenvalue weighted by Crippen LogP contribution is 2.43. The summed E-state index contributed by atoms with van der Waals surface area (Å²) >= 11 is 0. The number of aliphatic hydroxyl groups is 1. The maximum absolute atomic E-state index is 12.8. The van der Waals surface area contributed by atoms with Crippen LogP contribution in [0.3, 0.4) is 0 Å². The Kier molecular flexibility index (Phi) is 13.8. The summed E-state index contributed by atoms with van der Waals surface area (Å²) in [6.45, 7) is 5.72. The predicted molar refractivity (Wildman–Crippen MR) is 114 cm³/mol. The molecule has 0 aromatic rings. The van der Waals surface area contributed by atoms with Gasteiger partial charge in [-0.15, -0.1) is 0 Å². The van der Waals surface area contributed by atoms with Crippen molar-refractivity contribution < 1.29 is 29.7 Å². The minimum absolute atomic E-state index is 0.117. The zero-order valence-corrected chi connectivity index (χ0v) is 18.7. The molecule has 0 bridgehead atoms. The van der Waals surface area contributed by atoms with Crippen LogP contribution < -0.4 is 0 Å². The van der Waals surface area contributed by atoms with Gasteiger partial charge in [0.15, 0.2) is 16.8 Å². The summed E-state index contributed by atoms with van der Waals surface area (Å²) in [6.07, 6.45) is 9.98. The Morgan fingerprint density at radius 2 is 1.03 bits per heavy atom. The molecule has 0 heterocycles. The quantitative estimate of drug-likeness (QED) is 0.194. The van der Waals surface area contributed by atoms with Crippen molar-refractivity contribution in [2.45, 2.75) is 123 Å². The van der Waals surface area contributed by atoms with E-state index in [1.54, 1.807) is 0 Å². The highest BCUT2D eigenvalue weighted by Gasteiger charge is 2.63. The van der Waals surface area contributed by atoms with Gasteiger partial charge < -0.3 is 15.3 Å². The zero-order chi connectivity index (χ0) is 22.3. The first-order valence-electron chi connectivity index (χ1n) is 11.5. The Bertz CT molecular complexity index is 504. The van der Waals surface area contributed by atoms with Crippen molar-refractivity contribution in [2.75, 3.05) is 0 Å². The van der Waals surface area contributed by atoms with Crippen LogP contribution >= 0.6 is 0 Å². The minimum atomic E-state index is -2.58. The molecule has 6 nitrogen and oxygen atoms in total. The number of carboxylic acids is 2. The molecule has 6 heteroatoms. The van der Waals surface area contributed by atoms with Gasteiger partial charge in [-0.2, -0.15) is 0 Å². The molecule has 2 atom stereocenters. The molecule has 0 aliphatic rings. The molecule has 0 aromatic carbocycles. The van der Waals surface area contributed by atoms with Crippen molar-refractivity contribution >= 4 is 17.7 Å². The molecule has 0 radical (unpaired) electrons. The van der Waals surface area contributed by atoms with Crippen LogP contribution in [0, 0.1) is 5.41 Å². The van der Waals surface area contributed by atoms with Crippen LogP contribution in [0.2, 0.25) is 0 Å². The summed E-state index contributed by atoms with van der Waals surface area (Å²) in [7, 11) is 0. The van der Waals surface area contributed by atoms with Gasteiger partial charge in [-0.05, 0) is 19.3 Å². The van der Waals surface area contributed by atoms with Crippen molar-refractivity contribution in [3.05, 3.63) is 0 Å². The largest absolute Gasteiger partial charge is 0.480 e. The molecule has 2 unspecified atom stereocenters. The Balaban J connectivity index is 5.44. The second-order valence-corrected chi connectivity index (χ2v) is 8.19. The molecule has 29 heavy (non-hydrogen) atoms. The van der Waals surface area contributed by atoms with Gasteiger partial charge in [0.2, 0.25) is 0 Å². The van der Waals surface area contributed by atoms with E-state index in [1.807, 2.05) is 0 Å². The number of aliphatic carboxylic acids is 2. The lowest BCUT2D eigenvalue weighted by atomic mass is 9.63. The predicted octanol–water partition coefficient (Wildman–Crippen LogP) is 5.35. The Labute approximate surface area is 176 Å². The van der Waals surface area contributed by atoms with Crippen LogP contribution in [0.4, 0.5) is 0 Å². The van der Waals surface area contributed by atoms with Crippen LogP contribution in [-0.4, -0.2) is 38.6 Å². The lowest BCUT2D eigenvalue weighted by molar-refractivity contribution is -0.194. The van der Waals surface area contributed by atoms with Crippen molar-refractivity contribution in [2.24, 2.45) is 5.41 Å². The lowest BCUT2D eigenvalue weighted by Crippen LogP contribution is -2.62. The highest BCUT2D eigenvalue weighted by atomic mass is 16.4. The average Bonchev–Trinajstić information content (AvgIpc) is 2.69. The molecule has 0 aliphatic carbocycles. The second kappa shape index (κ2) is 14.5. The van der Waals surface area contributed by atoms with Gasteiger partial charge in [0, 0.05) is 6.42 Å². The van der Waals surface area contributed by atoms with Crippen molar-refractivity contribution in [3.63, 3.8) is 0 Å². The van der Waals surface area contributed by atoms with E-state index in [2.05, 4.69) is 13.8 Å². The van der Waals surface area contributed by atoms with Crippen LogP contribution in [0.15, 0.2) is 0 Å². The van der Waals surface area contributed by atoms with E-state index in [1.165, 1.54) is 6.92 Å². The third kappa shape index (κ3) is 7.72. The number of rotatable bonds is 19. The number of unbranched alkanes of at least 4 members (excludes halogenated alkanes) is 10. The first kappa shape index (κ1) is 27.6. The number of ketones is 1. The summed E-state index contributed by atoms with van der Waals surface area (Å²) in [5.74, 6) is -3.83. The van der Waals surface area contributed by atoms with E-state index in [0.717, 1.165) is 57.8 Å². The minimum Gasteiger partial charge on any atom is -0.480 e. The topological polar surface area (TPSA) is 112 Å². The van der Waals surface area contributed by atoms with Gasteiger partial charge in [-0.25, -0.2) is 4.79 Å². The lowest BCUT2D eigenvalue weighted by Gasteiger charge is -2.40.